The molecule has 1 amide bonds. The van der Waals surface area contributed by atoms with Gasteiger partial charge in [-0.2, -0.15) is 0 Å². The number of nitrogens with one attached hydrogen (secondary N) is 1. The van der Waals surface area contributed by atoms with Crippen molar-refractivity contribution in [3.05, 3.63) is 102 Å². The smallest absolute Gasteiger partial charge is 0.305 e. The topological polar surface area (TPSA) is 112 Å². The molecule has 42 heavy (non-hydrogen) atoms. The summed E-state index contributed by atoms with van der Waals surface area (Å²) in [6.45, 7) is 4.25. The van der Waals surface area contributed by atoms with E-state index in [1.54, 1.807) is 12.1 Å². The number of hydrogen-bond acceptors (Lipinski definition) is 4. The Morgan fingerprint density at radius 1 is 0.857 bits per heavy atom. The fraction of sp³-hybridized carbons (Fsp3) is 0.273. The maximum absolute atomic E-state index is 14.0. The maximum Gasteiger partial charge on any atom is 0.305 e. The van der Waals surface area contributed by atoms with Crippen molar-refractivity contribution in [1.82, 2.24) is 4.57 Å². The second-order valence-electron chi connectivity index (χ2n) is 10.4. The van der Waals surface area contributed by atoms with Crippen LogP contribution in [-0.2, 0) is 11.3 Å². The highest BCUT2D eigenvalue weighted by Gasteiger charge is 2.31. The summed E-state index contributed by atoms with van der Waals surface area (Å²) in [6, 6.07) is 24.8. The second-order valence-corrected chi connectivity index (χ2v) is 10.4. The first-order valence-electron chi connectivity index (χ1n) is 13.7. The number of hydrogen-bond donors (Lipinski definition) is 4. The van der Waals surface area contributed by atoms with E-state index in [2.05, 4.69) is 5.32 Å². The molecule has 0 bridgehead atoms. The highest BCUT2D eigenvalue weighted by molar-refractivity contribution is 8.93. The Labute approximate surface area is 255 Å². The van der Waals surface area contributed by atoms with Gasteiger partial charge in [0.25, 0.3) is 5.91 Å². The summed E-state index contributed by atoms with van der Waals surface area (Å²) in [5.41, 5.74) is 4.77. The number of anilines is 1. The lowest BCUT2D eigenvalue weighted by Crippen LogP contribution is -2.22. The number of halogens is 2. The third kappa shape index (κ3) is 7.94. The molecule has 7 nitrogen and oxygen atoms in total. The molecule has 4 rings (SSSR count). The van der Waals surface area contributed by atoms with Gasteiger partial charge in [-0.25, -0.2) is 4.39 Å². The minimum absolute atomic E-state index is 0. The van der Waals surface area contributed by atoms with Gasteiger partial charge >= 0.3 is 5.97 Å². The minimum Gasteiger partial charge on any atom is -0.481 e. The van der Waals surface area contributed by atoms with Crippen molar-refractivity contribution in [3.8, 4) is 22.4 Å². The predicted molar refractivity (Wildman–Crippen MR) is 168 cm³/mol. The largest absolute Gasteiger partial charge is 0.481 e. The van der Waals surface area contributed by atoms with Crippen molar-refractivity contribution >= 4 is 34.5 Å². The molecule has 0 radical (unpaired) electrons. The number of nitrogens with zero attached hydrogens (tertiary/aromatic N) is 1. The van der Waals surface area contributed by atoms with E-state index in [0.29, 0.717) is 28.1 Å². The van der Waals surface area contributed by atoms with E-state index >= 15 is 0 Å². The summed E-state index contributed by atoms with van der Waals surface area (Å²) >= 11 is 0. The molecule has 0 aliphatic heterocycles. The Morgan fingerprint density at radius 3 is 2.02 bits per heavy atom. The molecular formula is C33H36BrFN2O5. The third-order valence-corrected chi connectivity index (χ3v) is 6.93. The summed E-state index contributed by atoms with van der Waals surface area (Å²) < 4.78 is 16.0. The first-order valence-corrected chi connectivity index (χ1v) is 13.7. The number of carbonyl (C=O) groups is 2. The number of carboxylic acid groups (broad SMARTS) is 1. The molecule has 1 aromatic heterocycles. The number of carboxylic acids is 1. The van der Waals surface area contributed by atoms with Crippen LogP contribution < -0.4 is 5.32 Å². The zero-order valence-corrected chi connectivity index (χ0v) is 25.2. The van der Waals surface area contributed by atoms with Crippen LogP contribution >= 0.6 is 17.0 Å². The van der Waals surface area contributed by atoms with Gasteiger partial charge in [-0.05, 0) is 66.3 Å². The zero-order valence-electron chi connectivity index (χ0n) is 23.5. The molecule has 4 aromatic rings. The number of aliphatic hydroxyl groups excluding tert-OH is 2. The molecule has 0 saturated heterocycles. The predicted octanol–water partition coefficient (Wildman–Crippen LogP) is 6.89. The van der Waals surface area contributed by atoms with Crippen LogP contribution in [0.25, 0.3) is 22.4 Å². The van der Waals surface area contributed by atoms with Crippen LogP contribution in [0.4, 0.5) is 10.1 Å². The number of benzene rings is 3. The van der Waals surface area contributed by atoms with E-state index in [4.69, 9.17) is 5.11 Å². The van der Waals surface area contributed by atoms with Gasteiger partial charge in [-0.3, -0.25) is 9.59 Å². The van der Waals surface area contributed by atoms with Crippen LogP contribution in [0.2, 0.25) is 0 Å². The van der Waals surface area contributed by atoms with Gasteiger partial charge in [0, 0.05) is 23.5 Å². The van der Waals surface area contributed by atoms with Crippen molar-refractivity contribution < 1.29 is 29.3 Å². The molecular weight excluding hydrogens is 603 g/mol. The molecule has 9 heteroatoms. The van der Waals surface area contributed by atoms with E-state index in [1.165, 1.54) is 12.1 Å². The Morgan fingerprint density at radius 2 is 1.45 bits per heavy atom. The molecule has 2 atom stereocenters. The van der Waals surface area contributed by atoms with E-state index in [9.17, 15) is 24.2 Å². The average Bonchev–Trinajstić information content (AvgIpc) is 3.28. The van der Waals surface area contributed by atoms with Gasteiger partial charge < -0.3 is 25.2 Å². The van der Waals surface area contributed by atoms with Crippen molar-refractivity contribution in [1.29, 1.82) is 0 Å². The summed E-state index contributed by atoms with van der Waals surface area (Å²) in [4.78, 5) is 25.0. The van der Waals surface area contributed by atoms with Gasteiger partial charge in [-0.1, -0.05) is 62.4 Å². The van der Waals surface area contributed by atoms with Gasteiger partial charge in [0.05, 0.1) is 29.9 Å². The number of amides is 1. The van der Waals surface area contributed by atoms with Crippen molar-refractivity contribution in [2.24, 2.45) is 0 Å². The van der Waals surface area contributed by atoms with Gasteiger partial charge in [-0.15, -0.1) is 17.0 Å². The second kappa shape index (κ2) is 14.9. The Balaban J connectivity index is 0.00000484. The number of rotatable bonds is 12. The standard InChI is InChI=1S/C33H35FN2O5.BrH/c1-21(2)31-30(33(41)35-25-11-7-4-8-12-25)29(22-9-5-3-6-10-22)32(23-13-15-24(34)16-14-23)36(31)18-17-26(37)19-27(38)20-28(39)40;/h3-16,21,26-27,37-38H,17-20H2,1-2H3,(H,35,41)(H,39,40);1H/t26-,27-;/m1./s1. The fourth-order valence-electron chi connectivity index (χ4n) is 5.20. The van der Waals surface area contributed by atoms with E-state index in [0.717, 1.165) is 11.3 Å². The normalized spacial score (nSPS) is 12.4. The van der Waals surface area contributed by atoms with Gasteiger partial charge in [0.15, 0.2) is 0 Å². The Kier molecular flexibility index (Phi) is 11.6. The van der Waals surface area contributed by atoms with E-state index < -0.39 is 24.6 Å². The van der Waals surface area contributed by atoms with Crippen LogP contribution in [0.5, 0.6) is 0 Å². The van der Waals surface area contributed by atoms with Crippen molar-refractivity contribution in [3.63, 3.8) is 0 Å². The van der Waals surface area contributed by atoms with Crippen molar-refractivity contribution in [2.75, 3.05) is 5.32 Å². The molecule has 1 heterocycles. The number of aliphatic carboxylic acids is 1. The number of carbonyl (C=O) groups excluding carboxylic acids is 1. The lowest BCUT2D eigenvalue weighted by molar-refractivity contribution is -0.139. The van der Waals surface area contributed by atoms with E-state index in [-0.39, 0.29) is 54.0 Å². The Hall–Kier alpha value is -3.79. The average molecular weight is 640 g/mol. The Bertz CT molecular complexity index is 1470. The molecule has 0 fully saturated rings. The highest BCUT2D eigenvalue weighted by atomic mass is 79.9. The minimum atomic E-state index is -1.18. The summed E-state index contributed by atoms with van der Waals surface area (Å²) in [6.07, 6.45) is -2.51. The highest BCUT2D eigenvalue weighted by Crippen LogP contribution is 2.42. The lowest BCUT2D eigenvalue weighted by atomic mass is 9.94. The van der Waals surface area contributed by atoms with Crippen LogP contribution in [0.1, 0.15) is 55.1 Å². The van der Waals surface area contributed by atoms with Crippen molar-refractivity contribution in [2.45, 2.75) is 57.8 Å². The number of aromatic nitrogens is 1. The molecule has 0 unspecified atom stereocenters. The first kappa shape index (κ1) is 32.7. The van der Waals surface area contributed by atoms with E-state index in [1.807, 2.05) is 79.1 Å². The SMILES string of the molecule is Br.CC(C)c1c(C(=O)Nc2ccccc2)c(-c2ccccc2)c(-c2ccc(F)cc2)n1CC[C@@H](O)C[C@@H](O)CC(=O)O. The zero-order chi connectivity index (χ0) is 29.5. The van der Waals surface area contributed by atoms with Gasteiger partial charge in [0.1, 0.15) is 5.82 Å². The molecule has 222 valence electrons. The third-order valence-electron chi connectivity index (χ3n) is 6.93. The summed E-state index contributed by atoms with van der Waals surface area (Å²) in [5, 5.41) is 32.8. The lowest BCUT2D eigenvalue weighted by Gasteiger charge is -2.20. The van der Waals surface area contributed by atoms with Gasteiger partial charge in [0.2, 0.25) is 0 Å². The molecule has 0 aliphatic rings. The number of aliphatic hydroxyl groups is 2. The maximum atomic E-state index is 14.0. The summed E-state index contributed by atoms with van der Waals surface area (Å²) in [7, 11) is 0. The molecule has 0 aliphatic carbocycles. The summed E-state index contributed by atoms with van der Waals surface area (Å²) in [5.74, 6) is -1.93. The van der Waals surface area contributed by atoms with Crippen LogP contribution in [0.15, 0.2) is 84.9 Å². The molecule has 0 saturated carbocycles. The molecule has 3 aromatic carbocycles. The van der Waals surface area contributed by atoms with Crippen LogP contribution in [0, 0.1) is 5.82 Å². The molecule has 4 N–H and O–H groups in total. The fourth-order valence-corrected chi connectivity index (χ4v) is 5.20. The monoisotopic (exact) mass is 638 g/mol. The quantitative estimate of drug-likeness (QED) is 0.135. The van der Waals surface area contributed by atoms with Crippen LogP contribution in [-0.4, -0.2) is 44.0 Å². The van der Waals surface area contributed by atoms with Crippen LogP contribution in [0.3, 0.4) is 0 Å². The molecule has 0 spiro atoms. The number of para-hydroxylation sites is 1. The first-order chi connectivity index (χ1) is 19.7.